The molecule has 1 aromatic rings. The van der Waals surface area contributed by atoms with Crippen molar-refractivity contribution in [3.05, 3.63) is 9.48 Å². The molecule has 1 rings (SSSR count). The molecule has 6 heteroatoms. The van der Waals surface area contributed by atoms with E-state index in [2.05, 4.69) is 31.5 Å². The van der Waals surface area contributed by atoms with Gasteiger partial charge in [-0.3, -0.25) is 5.32 Å². The van der Waals surface area contributed by atoms with E-state index in [1.54, 1.807) is 7.05 Å². The van der Waals surface area contributed by atoms with Crippen LogP contribution in [0.1, 0.15) is 5.69 Å². The molecule has 0 saturated carbocycles. The number of carbonyl (C=O) groups excluding carboxylic acids is 1. The summed E-state index contributed by atoms with van der Waals surface area (Å²) in [5.41, 5.74) is 0.881. The lowest BCUT2D eigenvalue weighted by Crippen LogP contribution is -2.24. The summed E-state index contributed by atoms with van der Waals surface area (Å²) in [7, 11) is 1.56. The summed E-state index contributed by atoms with van der Waals surface area (Å²) >= 11 is 4.70. The zero-order chi connectivity index (χ0) is 9.14. The van der Waals surface area contributed by atoms with Gasteiger partial charge in [-0.2, -0.15) is 0 Å². The number of amides is 2. The number of rotatable bonds is 1. The molecular weight excluding hydrogens is 242 g/mol. The van der Waals surface area contributed by atoms with Crippen molar-refractivity contribution in [2.75, 3.05) is 12.4 Å². The molecule has 2 N–H and O–H groups in total. The first-order valence-electron chi connectivity index (χ1n) is 3.25. The smallest absolute Gasteiger partial charge is 0.320 e. The molecule has 66 valence electrons. The van der Waals surface area contributed by atoms with Crippen LogP contribution >= 0.6 is 27.3 Å². The minimum Gasteiger partial charge on any atom is -0.341 e. The van der Waals surface area contributed by atoms with Crippen LogP contribution in [0.3, 0.4) is 0 Å². The van der Waals surface area contributed by atoms with Gasteiger partial charge in [-0.15, -0.1) is 0 Å². The molecule has 0 bridgehead atoms. The van der Waals surface area contributed by atoms with Gasteiger partial charge in [0.25, 0.3) is 0 Å². The van der Waals surface area contributed by atoms with Gasteiger partial charge in [0, 0.05) is 7.05 Å². The Morgan fingerprint density at radius 1 is 1.67 bits per heavy atom. The van der Waals surface area contributed by atoms with Crippen LogP contribution in [0.5, 0.6) is 0 Å². The van der Waals surface area contributed by atoms with Gasteiger partial charge in [0.2, 0.25) is 0 Å². The van der Waals surface area contributed by atoms with Gasteiger partial charge < -0.3 is 5.32 Å². The summed E-state index contributed by atoms with van der Waals surface area (Å²) in [5.74, 6) is 0. The number of thiazole rings is 1. The standard InChI is InChI=1S/C6H8BrN3OS/c1-3-4(7)12-6(9-3)10-5(11)8-2/h1-2H3,(H2,8,9,10,11). The van der Waals surface area contributed by atoms with Crippen LogP contribution in [-0.4, -0.2) is 18.1 Å². The van der Waals surface area contributed by atoms with Gasteiger partial charge in [0.05, 0.1) is 9.48 Å². The Balaban J connectivity index is 2.70. The van der Waals surface area contributed by atoms with E-state index >= 15 is 0 Å². The molecule has 0 saturated heterocycles. The average molecular weight is 250 g/mol. The number of aryl methyl sites for hydroxylation is 1. The van der Waals surface area contributed by atoms with E-state index in [1.165, 1.54) is 11.3 Å². The molecule has 1 aromatic heterocycles. The lowest BCUT2D eigenvalue weighted by Gasteiger charge is -1.97. The second kappa shape index (κ2) is 3.86. The minimum absolute atomic E-state index is 0.253. The van der Waals surface area contributed by atoms with E-state index < -0.39 is 0 Å². The first-order chi connectivity index (χ1) is 5.63. The zero-order valence-corrected chi connectivity index (χ0v) is 9.04. The number of aromatic nitrogens is 1. The Kier molecular flexibility index (Phi) is 3.05. The van der Waals surface area contributed by atoms with Gasteiger partial charge in [-0.25, -0.2) is 9.78 Å². The van der Waals surface area contributed by atoms with Crippen molar-refractivity contribution >= 4 is 38.4 Å². The summed E-state index contributed by atoms with van der Waals surface area (Å²) < 4.78 is 0.939. The third-order valence-electron chi connectivity index (χ3n) is 1.19. The van der Waals surface area contributed by atoms with Crippen molar-refractivity contribution in [1.82, 2.24) is 10.3 Å². The zero-order valence-electron chi connectivity index (χ0n) is 6.64. The van der Waals surface area contributed by atoms with Crippen LogP contribution < -0.4 is 10.6 Å². The van der Waals surface area contributed by atoms with Crippen LogP contribution in [-0.2, 0) is 0 Å². The third kappa shape index (κ3) is 2.18. The van der Waals surface area contributed by atoms with Crippen molar-refractivity contribution in [3.63, 3.8) is 0 Å². The molecular formula is C6H8BrN3OS. The van der Waals surface area contributed by atoms with E-state index in [0.717, 1.165) is 9.48 Å². The summed E-state index contributed by atoms with van der Waals surface area (Å²) in [6.45, 7) is 1.87. The molecule has 0 fully saturated rings. The number of halogens is 1. The maximum atomic E-state index is 10.8. The van der Waals surface area contributed by atoms with Crippen molar-refractivity contribution in [2.24, 2.45) is 0 Å². The molecule has 1 heterocycles. The number of urea groups is 1. The predicted molar refractivity (Wildman–Crippen MR) is 52.6 cm³/mol. The van der Waals surface area contributed by atoms with Crippen LogP contribution in [0.2, 0.25) is 0 Å². The number of nitrogens with one attached hydrogen (secondary N) is 2. The summed E-state index contributed by atoms with van der Waals surface area (Å²) in [6.07, 6.45) is 0. The third-order valence-corrected chi connectivity index (χ3v) is 3.11. The Morgan fingerprint density at radius 2 is 2.33 bits per heavy atom. The Morgan fingerprint density at radius 3 is 2.75 bits per heavy atom. The fourth-order valence-corrected chi connectivity index (χ4v) is 1.83. The van der Waals surface area contributed by atoms with Crippen LogP contribution in [0, 0.1) is 6.92 Å². The maximum Gasteiger partial charge on any atom is 0.320 e. The molecule has 2 amide bonds. The summed E-state index contributed by atoms with van der Waals surface area (Å²) in [5, 5.41) is 5.62. The van der Waals surface area contributed by atoms with Crippen molar-refractivity contribution in [2.45, 2.75) is 6.92 Å². The number of hydrogen-bond donors (Lipinski definition) is 2. The molecule has 0 atom stereocenters. The molecule has 0 aliphatic heterocycles. The fourth-order valence-electron chi connectivity index (χ4n) is 0.591. The molecule has 0 aliphatic carbocycles. The molecule has 0 aromatic carbocycles. The highest BCUT2D eigenvalue weighted by Gasteiger charge is 2.06. The first-order valence-corrected chi connectivity index (χ1v) is 4.86. The average Bonchev–Trinajstić information content (AvgIpc) is 2.31. The highest BCUT2D eigenvalue weighted by atomic mass is 79.9. The molecule has 0 unspecified atom stereocenters. The van der Waals surface area contributed by atoms with Crippen LogP contribution in [0.15, 0.2) is 3.79 Å². The first kappa shape index (κ1) is 9.47. The molecule has 0 aliphatic rings. The SMILES string of the molecule is CNC(=O)Nc1nc(C)c(Br)s1. The second-order valence-corrected chi connectivity index (χ2v) is 4.40. The number of hydrogen-bond acceptors (Lipinski definition) is 3. The predicted octanol–water partition coefficient (Wildman–Crippen LogP) is 1.97. The maximum absolute atomic E-state index is 10.8. The van der Waals surface area contributed by atoms with Gasteiger partial charge in [0.15, 0.2) is 5.13 Å². The van der Waals surface area contributed by atoms with Crippen LogP contribution in [0.25, 0.3) is 0 Å². The lowest BCUT2D eigenvalue weighted by molar-refractivity contribution is 0.254. The minimum atomic E-state index is -0.253. The summed E-state index contributed by atoms with van der Waals surface area (Å²) in [6, 6.07) is -0.253. The van der Waals surface area contributed by atoms with Gasteiger partial charge in [-0.05, 0) is 22.9 Å². The normalized spacial score (nSPS) is 9.58. The van der Waals surface area contributed by atoms with Gasteiger partial charge in [0.1, 0.15) is 0 Å². The largest absolute Gasteiger partial charge is 0.341 e. The van der Waals surface area contributed by atoms with E-state index in [4.69, 9.17) is 0 Å². The van der Waals surface area contributed by atoms with Crippen LogP contribution in [0.4, 0.5) is 9.93 Å². The van der Waals surface area contributed by atoms with E-state index in [1.807, 2.05) is 6.92 Å². The topological polar surface area (TPSA) is 54.0 Å². The lowest BCUT2D eigenvalue weighted by atomic mass is 10.6. The van der Waals surface area contributed by atoms with Gasteiger partial charge in [-0.1, -0.05) is 11.3 Å². The molecule has 0 spiro atoms. The fraction of sp³-hybridized carbons (Fsp3) is 0.333. The van der Waals surface area contributed by atoms with Crippen molar-refractivity contribution < 1.29 is 4.79 Å². The number of nitrogens with zero attached hydrogens (tertiary/aromatic N) is 1. The van der Waals surface area contributed by atoms with Crippen molar-refractivity contribution in [1.29, 1.82) is 0 Å². The highest BCUT2D eigenvalue weighted by Crippen LogP contribution is 2.27. The quantitative estimate of drug-likeness (QED) is 0.800. The number of anilines is 1. The number of carbonyl (C=O) groups is 1. The second-order valence-electron chi connectivity index (χ2n) is 2.08. The molecule has 12 heavy (non-hydrogen) atoms. The van der Waals surface area contributed by atoms with E-state index in [-0.39, 0.29) is 6.03 Å². The Hall–Kier alpha value is -0.620. The Labute approximate surface area is 82.5 Å². The molecule has 4 nitrogen and oxygen atoms in total. The molecule has 0 radical (unpaired) electrons. The van der Waals surface area contributed by atoms with E-state index in [0.29, 0.717) is 5.13 Å². The highest BCUT2D eigenvalue weighted by molar-refractivity contribution is 9.11. The summed E-state index contributed by atoms with van der Waals surface area (Å²) in [4.78, 5) is 14.9. The monoisotopic (exact) mass is 249 g/mol. The van der Waals surface area contributed by atoms with Crippen molar-refractivity contribution in [3.8, 4) is 0 Å². The van der Waals surface area contributed by atoms with Gasteiger partial charge >= 0.3 is 6.03 Å². The Bertz CT molecular complexity index is 279. The van der Waals surface area contributed by atoms with E-state index in [9.17, 15) is 4.79 Å².